The highest BCUT2D eigenvalue weighted by atomic mass is 35.5. The van der Waals surface area contributed by atoms with Crippen molar-refractivity contribution in [2.24, 2.45) is 0 Å². The molecule has 3 nitrogen and oxygen atoms in total. The van der Waals surface area contributed by atoms with E-state index in [9.17, 15) is 4.79 Å². The SMILES string of the molecule is Cc1cccc(-n2nc(C3CC3)c(C=O)c2Cl)c1. The van der Waals surface area contributed by atoms with Gasteiger partial charge in [0.25, 0.3) is 0 Å². The Kier molecular flexibility index (Phi) is 2.71. The third-order valence-corrected chi connectivity index (χ3v) is 3.58. The second-order valence-corrected chi connectivity index (χ2v) is 5.09. The lowest BCUT2D eigenvalue weighted by Crippen LogP contribution is -1.97. The Labute approximate surface area is 110 Å². The Bertz CT molecular complexity index is 614. The van der Waals surface area contributed by atoms with Gasteiger partial charge < -0.3 is 0 Å². The van der Waals surface area contributed by atoms with Gasteiger partial charge in [0, 0.05) is 5.92 Å². The Morgan fingerprint density at radius 2 is 2.22 bits per heavy atom. The largest absolute Gasteiger partial charge is 0.298 e. The van der Waals surface area contributed by atoms with E-state index < -0.39 is 0 Å². The first-order chi connectivity index (χ1) is 8.70. The number of halogens is 1. The highest BCUT2D eigenvalue weighted by molar-refractivity contribution is 6.32. The first kappa shape index (κ1) is 11.5. The van der Waals surface area contributed by atoms with E-state index in [1.807, 2.05) is 31.2 Å². The van der Waals surface area contributed by atoms with Crippen molar-refractivity contribution in [2.45, 2.75) is 25.7 Å². The molecule has 1 aliphatic rings. The molecule has 1 aromatic carbocycles. The maximum Gasteiger partial charge on any atom is 0.155 e. The lowest BCUT2D eigenvalue weighted by Gasteiger charge is -2.03. The molecule has 92 valence electrons. The van der Waals surface area contributed by atoms with Crippen LogP contribution in [0.4, 0.5) is 0 Å². The van der Waals surface area contributed by atoms with Crippen LogP contribution in [0.3, 0.4) is 0 Å². The van der Waals surface area contributed by atoms with Crippen LogP contribution in [0, 0.1) is 6.92 Å². The van der Waals surface area contributed by atoms with Gasteiger partial charge in [0.15, 0.2) is 6.29 Å². The fourth-order valence-corrected chi connectivity index (χ4v) is 2.40. The first-order valence-electron chi connectivity index (χ1n) is 6.01. The van der Waals surface area contributed by atoms with E-state index in [4.69, 9.17) is 11.6 Å². The van der Waals surface area contributed by atoms with Crippen molar-refractivity contribution in [1.29, 1.82) is 0 Å². The quantitative estimate of drug-likeness (QED) is 0.792. The summed E-state index contributed by atoms with van der Waals surface area (Å²) < 4.78 is 1.66. The predicted octanol–water partition coefficient (Wildman–Crippen LogP) is 3.52. The van der Waals surface area contributed by atoms with Crippen molar-refractivity contribution in [1.82, 2.24) is 9.78 Å². The van der Waals surface area contributed by atoms with Crippen LogP contribution in [0.5, 0.6) is 0 Å². The molecule has 18 heavy (non-hydrogen) atoms. The molecule has 0 N–H and O–H groups in total. The lowest BCUT2D eigenvalue weighted by atomic mass is 10.2. The molecule has 3 rings (SSSR count). The van der Waals surface area contributed by atoms with E-state index in [1.54, 1.807) is 4.68 Å². The van der Waals surface area contributed by atoms with Gasteiger partial charge >= 0.3 is 0 Å². The summed E-state index contributed by atoms with van der Waals surface area (Å²) in [6.45, 7) is 2.02. The zero-order valence-electron chi connectivity index (χ0n) is 10.1. The molecule has 1 aromatic heterocycles. The molecule has 0 spiro atoms. The van der Waals surface area contributed by atoms with E-state index in [-0.39, 0.29) is 0 Å². The highest BCUT2D eigenvalue weighted by Crippen LogP contribution is 2.42. The lowest BCUT2D eigenvalue weighted by molar-refractivity contribution is 0.112. The van der Waals surface area contributed by atoms with Crippen LogP contribution < -0.4 is 0 Å². The molecule has 1 saturated carbocycles. The fraction of sp³-hybridized carbons (Fsp3) is 0.286. The number of carbonyl (C=O) groups is 1. The Balaban J connectivity index is 2.15. The Hall–Kier alpha value is -1.61. The molecule has 1 heterocycles. The van der Waals surface area contributed by atoms with Gasteiger partial charge in [-0.05, 0) is 37.5 Å². The van der Waals surface area contributed by atoms with Gasteiger partial charge in [-0.25, -0.2) is 4.68 Å². The van der Waals surface area contributed by atoms with Crippen LogP contribution in [-0.4, -0.2) is 16.1 Å². The molecule has 0 atom stereocenters. The molecule has 4 heteroatoms. The number of rotatable bonds is 3. The molecular formula is C14H13ClN2O. The van der Waals surface area contributed by atoms with E-state index in [0.717, 1.165) is 36.1 Å². The zero-order valence-corrected chi connectivity index (χ0v) is 10.8. The molecule has 0 unspecified atom stereocenters. The average molecular weight is 261 g/mol. The number of aryl methyl sites for hydroxylation is 1. The van der Waals surface area contributed by atoms with Crippen LogP contribution >= 0.6 is 11.6 Å². The molecule has 0 aliphatic heterocycles. The number of aldehydes is 1. The second kappa shape index (κ2) is 4.25. The molecule has 0 bridgehead atoms. The van der Waals surface area contributed by atoms with E-state index in [1.165, 1.54) is 0 Å². The Morgan fingerprint density at radius 1 is 1.44 bits per heavy atom. The molecule has 0 amide bonds. The maximum atomic E-state index is 11.2. The van der Waals surface area contributed by atoms with Crippen LogP contribution in [-0.2, 0) is 0 Å². The summed E-state index contributed by atoms with van der Waals surface area (Å²) in [5.74, 6) is 0.411. The monoisotopic (exact) mass is 260 g/mol. The first-order valence-corrected chi connectivity index (χ1v) is 6.39. The number of hydrogen-bond acceptors (Lipinski definition) is 2. The molecule has 0 radical (unpaired) electrons. The third kappa shape index (κ3) is 1.85. The summed E-state index contributed by atoms with van der Waals surface area (Å²) in [7, 11) is 0. The topological polar surface area (TPSA) is 34.9 Å². The van der Waals surface area contributed by atoms with Gasteiger partial charge in [0.05, 0.1) is 16.9 Å². The number of hydrogen-bond donors (Lipinski definition) is 0. The molecular weight excluding hydrogens is 248 g/mol. The van der Waals surface area contributed by atoms with Crippen molar-refractivity contribution in [2.75, 3.05) is 0 Å². The minimum Gasteiger partial charge on any atom is -0.298 e. The summed E-state index contributed by atoms with van der Waals surface area (Å²) in [4.78, 5) is 11.2. The number of benzene rings is 1. The summed E-state index contributed by atoms with van der Waals surface area (Å²) in [5.41, 5.74) is 3.42. The van der Waals surface area contributed by atoms with Crippen molar-refractivity contribution in [3.05, 3.63) is 46.2 Å². The van der Waals surface area contributed by atoms with Crippen LogP contribution in [0.25, 0.3) is 5.69 Å². The smallest absolute Gasteiger partial charge is 0.155 e. The van der Waals surface area contributed by atoms with Gasteiger partial charge in [-0.15, -0.1) is 0 Å². The molecule has 2 aromatic rings. The van der Waals surface area contributed by atoms with Crippen LogP contribution in [0.15, 0.2) is 24.3 Å². The minimum absolute atomic E-state index is 0.411. The molecule has 1 aliphatic carbocycles. The summed E-state index contributed by atoms with van der Waals surface area (Å²) in [6.07, 6.45) is 3.01. The van der Waals surface area contributed by atoms with Crippen molar-refractivity contribution < 1.29 is 4.79 Å². The highest BCUT2D eigenvalue weighted by Gasteiger charge is 2.31. The van der Waals surface area contributed by atoms with Crippen molar-refractivity contribution in [3.63, 3.8) is 0 Å². The van der Waals surface area contributed by atoms with Gasteiger partial charge in [-0.2, -0.15) is 5.10 Å². The van der Waals surface area contributed by atoms with E-state index >= 15 is 0 Å². The summed E-state index contributed by atoms with van der Waals surface area (Å²) >= 11 is 6.26. The van der Waals surface area contributed by atoms with Crippen molar-refractivity contribution in [3.8, 4) is 5.69 Å². The Morgan fingerprint density at radius 3 is 2.83 bits per heavy atom. The standard InChI is InChI=1S/C14H13ClN2O/c1-9-3-2-4-11(7-9)17-14(15)12(8-18)13(16-17)10-5-6-10/h2-4,7-8,10H,5-6H2,1H3. The van der Waals surface area contributed by atoms with Crippen LogP contribution in [0.2, 0.25) is 5.15 Å². The number of nitrogens with zero attached hydrogens (tertiary/aromatic N) is 2. The average Bonchev–Trinajstić information content (AvgIpc) is 3.13. The zero-order chi connectivity index (χ0) is 12.7. The van der Waals surface area contributed by atoms with E-state index in [2.05, 4.69) is 5.10 Å². The minimum atomic E-state index is 0.411. The normalized spacial score (nSPS) is 14.8. The summed E-state index contributed by atoms with van der Waals surface area (Å²) in [6, 6.07) is 7.92. The fourth-order valence-electron chi connectivity index (χ4n) is 2.12. The predicted molar refractivity (Wildman–Crippen MR) is 70.7 cm³/mol. The number of aromatic nitrogens is 2. The third-order valence-electron chi connectivity index (χ3n) is 3.22. The van der Waals surface area contributed by atoms with Crippen molar-refractivity contribution >= 4 is 17.9 Å². The molecule has 1 fully saturated rings. The summed E-state index contributed by atoms with van der Waals surface area (Å²) in [5, 5.41) is 4.92. The van der Waals surface area contributed by atoms with Gasteiger partial charge in [-0.1, -0.05) is 23.7 Å². The van der Waals surface area contributed by atoms with Gasteiger partial charge in [-0.3, -0.25) is 4.79 Å². The van der Waals surface area contributed by atoms with Gasteiger partial charge in [0.2, 0.25) is 0 Å². The maximum absolute atomic E-state index is 11.2. The van der Waals surface area contributed by atoms with Crippen LogP contribution in [0.1, 0.15) is 40.4 Å². The number of carbonyl (C=O) groups excluding carboxylic acids is 1. The van der Waals surface area contributed by atoms with Gasteiger partial charge in [0.1, 0.15) is 5.15 Å². The second-order valence-electron chi connectivity index (χ2n) is 4.73. The molecule has 0 saturated heterocycles. The van der Waals surface area contributed by atoms with E-state index in [0.29, 0.717) is 16.6 Å².